The number of pyridine rings is 1. The fourth-order valence-corrected chi connectivity index (χ4v) is 1.68. The van der Waals surface area contributed by atoms with Crippen LogP contribution in [0.3, 0.4) is 0 Å². The molecule has 0 saturated heterocycles. The maximum absolute atomic E-state index is 12.8. The van der Waals surface area contributed by atoms with Crippen LogP contribution in [0.2, 0.25) is 0 Å². The van der Waals surface area contributed by atoms with Crippen molar-refractivity contribution in [2.24, 2.45) is 0 Å². The number of benzene rings is 1. The molecule has 2 rings (SSSR count). The van der Waals surface area contributed by atoms with Gasteiger partial charge in [-0.15, -0.1) is 0 Å². The van der Waals surface area contributed by atoms with Crippen molar-refractivity contribution in [3.05, 3.63) is 64.3 Å². The molecular weight excluding hydrogens is 249 g/mol. The molecule has 19 heavy (non-hydrogen) atoms. The molecule has 5 heteroatoms. The topological polar surface area (TPSA) is 48.3 Å². The van der Waals surface area contributed by atoms with Crippen LogP contribution in [-0.4, -0.2) is 17.5 Å². The highest BCUT2D eigenvalue weighted by molar-refractivity contribution is 5.95. The third kappa shape index (κ3) is 2.88. The van der Waals surface area contributed by atoms with Crippen LogP contribution in [0.15, 0.2) is 47.4 Å². The molecule has 98 valence electrons. The van der Waals surface area contributed by atoms with Gasteiger partial charge >= 0.3 is 0 Å². The number of nitrogens with zero attached hydrogens (tertiary/aromatic N) is 1. The standard InChI is InChI=1S/C14H12FNO3/c1-19-13-3-2-8-16(14(13)18)9-12(17)10-4-6-11(15)7-5-10/h2-8H,9H2,1H3. The van der Waals surface area contributed by atoms with E-state index in [1.54, 1.807) is 6.07 Å². The van der Waals surface area contributed by atoms with E-state index in [1.165, 1.54) is 48.2 Å². The molecule has 2 aromatic rings. The first-order valence-electron chi connectivity index (χ1n) is 5.64. The van der Waals surface area contributed by atoms with Crippen LogP contribution in [-0.2, 0) is 6.54 Å². The number of halogens is 1. The van der Waals surface area contributed by atoms with E-state index in [1.807, 2.05) is 0 Å². The predicted molar refractivity (Wildman–Crippen MR) is 68.0 cm³/mol. The minimum absolute atomic E-state index is 0.109. The first-order valence-corrected chi connectivity index (χ1v) is 5.64. The maximum Gasteiger partial charge on any atom is 0.293 e. The highest BCUT2D eigenvalue weighted by Gasteiger charge is 2.09. The Hall–Kier alpha value is -2.43. The average molecular weight is 261 g/mol. The van der Waals surface area contributed by atoms with E-state index in [-0.39, 0.29) is 23.6 Å². The maximum atomic E-state index is 12.8. The molecule has 0 atom stereocenters. The number of ketones is 1. The van der Waals surface area contributed by atoms with Gasteiger partial charge < -0.3 is 9.30 Å². The monoisotopic (exact) mass is 261 g/mol. The SMILES string of the molecule is COc1cccn(CC(=O)c2ccc(F)cc2)c1=O. The number of rotatable bonds is 4. The second kappa shape index (κ2) is 5.48. The fourth-order valence-electron chi connectivity index (χ4n) is 1.68. The van der Waals surface area contributed by atoms with Crippen molar-refractivity contribution in [1.82, 2.24) is 4.57 Å². The van der Waals surface area contributed by atoms with Gasteiger partial charge in [0.1, 0.15) is 5.82 Å². The van der Waals surface area contributed by atoms with Gasteiger partial charge in [0, 0.05) is 11.8 Å². The highest BCUT2D eigenvalue weighted by Crippen LogP contribution is 2.06. The molecular formula is C14H12FNO3. The summed E-state index contributed by atoms with van der Waals surface area (Å²) in [5.41, 5.74) is -0.0171. The molecule has 0 N–H and O–H groups in total. The Morgan fingerprint density at radius 2 is 1.95 bits per heavy atom. The average Bonchev–Trinajstić information content (AvgIpc) is 2.42. The molecule has 0 bridgehead atoms. The number of ether oxygens (including phenoxy) is 1. The van der Waals surface area contributed by atoms with E-state index < -0.39 is 5.82 Å². The van der Waals surface area contributed by atoms with Gasteiger partial charge in [-0.2, -0.15) is 0 Å². The van der Waals surface area contributed by atoms with E-state index >= 15 is 0 Å². The van der Waals surface area contributed by atoms with Crippen molar-refractivity contribution in [2.75, 3.05) is 7.11 Å². The molecule has 1 aromatic heterocycles. The summed E-state index contributed by atoms with van der Waals surface area (Å²) in [6.07, 6.45) is 1.51. The zero-order chi connectivity index (χ0) is 13.8. The molecule has 1 heterocycles. The van der Waals surface area contributed by atoms with Crippen LogP contribution >= 0.6 is 0 Å². The summed E-state index contributed by atoms with van der Waals surface area (Å²) in [7, 11) is 1.39. The molecule has 0 unspecified atom stereocenters. The number of hydrogen-bond donors (Lipinski definition) is 0. The third-order valence-corrected chi connectivity index (χ3v) is 2.69. The number of Topliss-reactive ketones (excluding diaryl/α,β-unsaturated/α-hetero) is 1. The van der Waals surface area contributed by atoms with Crippen molar-refractivity contribution < 1.29 is 13.9 Å². The summed E-state index contributed by atoms with van der Waals surface area (Å²) >= 11 is 0. The lowest BCUT2D eigenvalue weighted by atomic mass is 10.1. The van der Waals surface area contributed by atoms with Crippen molar-refractivity contribution in [2.45, 2.75) is 6.54 Å². The van der Waals surface area contributed by atoms with E-state index in [9.17, 15) is 14.0 Å². The van der Waals surface area contributed by atoms with Gasteiger partial charge in [-0.1, -0.05) is 0 Å². The summed E-state index contributed by atoms with van der Waals surface area (Å²) in [5, 5.41) is 0. The second-order valence-electron chi connectivity index (χ2n) is 3.94. The minimum Gasteiger partial charge on any atom is -0.491 e. The lowest BCUT2D eigenvalue weighted by Crippen LogP contribution is -2.24. The van der Waals surface area contributed by atoms with Crippen molar-refractivity contribution >= 4 is 5.78 Å². The Bertz CT molecular complexity index is 646. The zero-order valence-corrected chi connectivity index (χ0v) is 10.3. The van der Waals surface area contributed by atoms with Crippen LogP contribution < -0.4 is 10.3 Å². The highest BCUT2D eigenvalue weighted by atomic mass is 19.1. The van der Waals surface area contributed by atoms with Crippen LogP contribution in [0.1, 0.15) is 10.4 Å². The Morgan fingerprint density at radius 3 is 2.58 bits per heavy atom. The first-order chi connectivity index (χ1) is 9.11. The number of carbonyl (C=O) groups excluding carboxylic acids is 1. The summed E-state index contributed by atoms with van der Waals surface area (Å²) in [6, 6.07) is 8.36. The lowest BCUT2D eigenvalue weighted by molar-refractivity contribution is 0.0970. The molecule has 0 fully saturated rings. The summed E-state index contributed by atoms with van der Waals surface area (Å²) in [5.74, 6) is -0.500. The molecule has 0 radical (unpaired) electrons. The lowest BCUT2D eigenvalue weighted by Gasteiger charge is -2.06. The van der Waals surface area contributed by atoms with Crippen LogP contribution in [0.25, 0.3) is 0 Å². The van der Waals surface area contributed by atoms with Gasteiger partial charge in [-0.3, -0.25) is 9.59 Å². The Balaban J connectivity index is 2.24. The molecule has 0 aliphatic rings. The van der Waals surface area contributed by atoms with Crippen LogP contribution in [0, 0.1) is 5.82 Å². The Labute approximate surface area is 109 Å². The largest absolute Gasteiger partial charge is 0.491 e. The number of aromatic nitrogens is 1. The van der Waals surface area contributed by atoms with Gasteiger partial charge in [0.2, 0.25) is 0 Å². The Morgan fingerprint density at radius 1 is 1.26 bits per heavy atom. The van der Waals surface area contributed by atoms with Crippen molar-refractivity contribution in [1.29, 1.82) is 0 Å². The molecule has 0 aliphatic heterocycles. The normalized spacial score (nSPS) is 10.2. The van der Waals surface area contributed by atoms with Gasteiger partial charge in [-0.25, -0.2) is 4.39 Å². The summed E-state index contributed by atoms with van der Waals surface area (Å²) in [4.78, 5) is 23.8. The number of carbonyl (C=O) groups is 1. The van der Waals surface area contributed by atoms with Crippen LogP contribution in [0.5, 0.6) is 5.75 Å². The molecule has 0 aliphatic carbocycles. The number of methoxy groups -OCH3 is 1. The molecule has 1 aromatic carbocycles. The summed E-state index contributed by atoms with van der Waals surface area (Å²) < 4.78 is 18.9. The van der Waals surface area contributed by atoms with Gasteiger partial charge in [0.05, 0.1) is 13.7 Å². The smallest absolute Gasteiger partial charge is 0.293 e. The fraction of sp³-hybridized carbons (Fsp3) is 0.143. The second-order valence-corrected chi connectivity index (χ2v) is 3.94. The summed E-state index contributed by atoms with van der Waals surface area (Å²) in [6.45, 7) is -0.109. The van der Waals surface area contributed by atoms with E-state index in [2.05, 4.69) is 0 Å². The van der Waals surface area contributed by atoms with Crippen molar-refractivity contribution in [3.63, 3.8) is 0 Å². The Kier molecular flexibility index (Phi) is 3.75. The van der Waals surface area contributed by atoms with Crippen LogP contribution in [0.4, 0.5) is 4.39 Å². The molecule has 0 amide bonds. The third-order valence-electron chi connectivity index (χ3n) is 2.69. The molecule has 0 spiro atoms. The minimum atomic E-state index is -0.407. The first kappa shape index (κ1) is 13.0. The quantitative estimate of drug-likeness (QED) is 0.789. The van der Waals surface area contributed by atoms with E-state index in [0.717, 1.165) is 0 Å². The van der Waals surface area contributed by atoms with Gasteiger partial charge in [0.15, 0.2) is 11.5 Å². The number of hydrogen-bond acceptors (Lipinski definition) is 3. The van der Waals surface area contributed by atoms with E-state index in [4.69, 9.17) is 4.74 Å². The predicted octanol–water partition coefficient (Wildman–Crippen LogP) is 1.88. The zero-order valence-electron chi connectivity index (χ0n) is 10.3. The molecule has 4 nitrogen and oxygen atoms in total. The van der Waals surface area contributed by atoms with Gasteiger partial charge in [0.25, 0.3) is 5.56 Å². The van der Waals surface area contributed by atoms with E-state index in [0.29, 0.717) is 5.56 Å². The molecule has 0 saturated carbocycles. The van der Waals surface area contributed by atoms with Gasteiger partial charge in [-0.05, 0) is 36.4 Å². The van der Waals surface area contributed by atoms with Crippen molar-refractivity contribution in [3.8, 4) is 5.75 Å².